The van der Waals surface area contributed by atoms with Crippen LogP contribution in [0.15, 0.2) is 23.5 Å². The molecule has 0 radical (unpaired) electrons. The van der Waals surface area contributed by atoms with Gasteiger partial charge in [0.2, 0.25) is 0 Å². The maximum absolute atomic E-state index is 7.97. The Labute approximate surface area is 81.2 Å². The number of nitriles is 4. The molecule has 0 amide bonds. The topological polar surface area (TPSA) is 147 Å². The lowest BCUT2D eigenvalue weighted by Crippen LogP contribution is -2.05. The molecule has 0 rings (SSSR count). The third-order valence-corrected chi connectivity index (χ3v) is 0.763. The van der Waals surface area contributed by atoms with E-state index in [1.165, 1.54) is 12.1 Å². The summed E-state index contributed by atoms with van der Waals surface area (Å²) in [6.07, 6.45) is 2.25. The molecule has 0 aliphatic heterocycles. The SMILES string of the molecule is N#C/C(N)=C(/N)C#N.N#C/C=C\C#N. The summed E-state index contributed by atoms with van der Waals surface area (Å²) in [6, 6.07) is 6.38. The third-order valence-electron chi connectivity index (χ3n) is 0.763. The summed E-state index contributed by atoms with van der Waals surface area (Å²) in [6.45, 7) is 0. The van der Waals surface area contributed by atoms with Crippen LogP contribution in [0.1, 0.15) is 0 Å². The standard InChI is InChI=1S/C4H4N4.C4H2N2/c5-1-3(7)4(8)2-6;5-3-1-2-4-6/h7-8H2;1-2H/b4-3-;2-1-. The van der Waals surface area contributed by atoms with Crippen molar-refractivity contribution in [3.8, 4) is 24.3 Å². The fourth-order valence-corrected chi connectivity index (χ4v) is 0.195. The lowest BCUT2D eigenvalue weighted by molar-refractivity contribution is 1.27. The molecule has 0 aromatic heterocycles. The first-order valence-electron chi connectivity index (χ1n) is 3.13. The lowest BCUT2D eigenvalue weighted by Gasteiger charge is -1.83. The van der Waals surface area contributed by atoms with Gasteiger partial charge in [-0.15, -0.1) is 0 Å². The number of allylic oxidation sites excluding steroid dienone is 4. The molecule has 0 aliphatic carbocycles. The van der Waals surface area contributed by atoms with Gasteiger partial charge >= 0.3 is 0 Å². The number of hydrogen-bond acceptors (Lipinski definition) is 6. The average molecular weight is 186 g/mol. The Bertz CT molecular complexity index is 352. The van der Waals surface area contributed by atoms with Gasteiger partial charge in [0.05, 0.1) is 12.1 Å². The fourth-order valence-electron chi connectivity index (χ4n) is 0.195. The molecule has 0 saturated heterocycles. The van der Waals surface area contributed by atoms with Crippen molar-refractivity contribution in [1.82, 2.24) is 0 Å². The molecular formula is C8H6N6. The summed E-state index contributed by atoms with van der Waals surface area (Å²) in [4.78, 5) is 0. The molecule has 0 fully saturated rings. The maximum Gasteiger partial charge on any atom is 0.145 e. The Kier molecular flexibility index (Phi) is 9.77. The van der Waals surface area contributed by atoms with Gasteiger partial charge in [-0.2, -0.15) is 21.0 Å². The van der Waals surface area contributed by atoms with Crippen molar-refractivity contribution in [2.24, 2.45) is 11.5 Å². The van der Waals surface area contributed by atoms with Crippen molar-refractivity contribution in [3.63, 3.8) is 0 Å². The molecule has 0 saturated carbocycles. The van der Waals surface area contributed by atoms with Crippen LogP contribution in [0.25, 0.3) is 0 Å². The summed E-state index contributed by atoms with van der Waals surface area (Å²) < 4.78 is 0. The van der Waals surface area contributed by atoms with Crippen LogP contribution in [-0.4, -0.2) is 0 Å². The summed E-state index contributed by atoms with van der Waals surface area (Å²) in [5, 5.41) is 31.4. The summed E-state index contributed by atoms with van der Waals surface area (Å²) >= 11 is 0. The van der Waals surface area contributed by atoms with E-state index in [1.807, 2.05) is 0 Å². The van der Waals surface area contributed by atoms with Crippen LogP contribution in [0.4, 0.5) is 0 Å². The van der Waals surface area contributed by atoms with E-state index in [0.717, 1.165) is 12.2 Å². The maximum atomic E-state index is 7.97. The quantitative estimate of drug-likeness (QED) is 0.498. The molecule has 0 bridgehead atoms. The molecule has 0 spiro atoms. The van der Waals surface area contributed by atoms with Crippen molar-refractivity contribution in [2.45, 2.75) is 0 Å². The van der Waals surface area contributed by atoms with Crippen LogP contribution in [0, 0.1) is 45.3 Å². The zero-order valence-electron chi connectivity index (χ0n) is 7.10. The summed E-state index contributed by atoms with van der Waals surface area (Å²) in [5.74, 6) is 0. The minimum atomic E-state index is -0.229. The lowest BCUT2D eigenvalue weighted by atomic mass is 10.4. The van der Waals surface area contributed by atoms with Crippen LogP contribution < -0.4 is 11.5 Å². The Morgan fingerprint density at radius 1 is 0.786 bits per heavy atom. The van der Waals surface area contributed by atoms with Crippen molar-refractivity contribution < 1.29 is 0 Å². The third kappa shape index (κ3) is 9.04. The minimum absolute atomic E-state index is 0.229. The van der Waals surface area contributed by atoms with Crippen molar-refractivity contribution in [2.75, 3.05) is 0 Å². The van der Waals surface area contributed by atoms with E-state index in [-0.39, 0.29) is 11.4 Å². The Morgan fingerprint density at radius 3 is 1.21 bits per heavy atom. The number of rotatable bonds is 0. The highest BCUT2D eigenvalue weighted by Gasteiger charge is 1.91. The predicted octanol–water partition coefficient (Wildman–Crippen LogP) is -0.248. The first-order valence-corrected chi connectivity index (χ1v) is 3.13. The zero-order valence-corrected chi connectivity index (χ0v) is 7.10. The smallest absolute Gasteiger partial charge is 0.145 e. The van der Waals surface area contributed by atoms with Crippen molar-refractivity contribution in [1.29, 1.82) is 21.0 Å². The number of hydrogen-bond donors (Lipinski definition) is 2. The van der Waals surface area contributed by atoms with Crippen LogP contribution in [-0.2, 0) is 0 Å². The van der Waals surface area contributed by atoms with E-state index >= 15 is 0 Å². The van der Waals surface area contributed by atoms with Crippen molar-refractivity contribution in [3.05, 3.63) is 23.5 Å². The molecule has 6 heteroatoms. The number of nitrogens with zero attached hydrogens (tertiary/aromatic N) is 4. The van der Waals surface area contributed by atoms with Gasteiger partial charge in [-0.3, -0.25) is 0 Å². The highest BCUT2D eigenvalue weighted by atomic mass is 14.7. The van der Waals surface area contributed by atoms with Crippen LogP contribution in [0.2, 0.25) is 0 Å². The van der Waals surface area contributed by atoms with Crippen molar-refractivity contribution >= 4 is 0 Å². The second-order valence-corrected chi connectivity index (χ2v) is 1.64. The highest BCUT2D eigenvalue weighted by molar-refractivity contribution is 5.31. The van der Waals surface area contributed by atoms with E-state index in [9.17, 15) is 0 Å². The molecule has 14 heavy (non-hydrogen) atoms. The molecule has 0 unspecified atom stereocenters. The van der Waals surface area contributed by atoms with Gasteiger partial charge in [-0.25, -0.2) is 0 Å². The van der Waals surface area contributed by atoms with Crippen LogP contribution >= 0.6 is 0 Å². The Hall–Kier alpha value is -2.96. The van der Waals surface area contributed by atoms with Gasteiger partial charge < -0.3 is 11.5 Å². The first-order chi connectivity index (χ1) is 6.63. The van der Waals surface area contributed by atoms with E-state index in [1.54, 1.807) is 12.1 Å². The minimum Gasteiger partial charge on any atom is -0.388 e. The second kappa shape index (κ2) is 10.0. The Balaban J connectivity index is 0. The van der Waals surface area contributed by atoms with Gasteiger partial charge in [0.25, 0.3) is 0 Å². The first kappa shape index (κ1) is 13.6. The van der Waals surface area contributed by atoms with E-state index in [0.29, 0.717) is 0 Å². The fraction of sp³-hybridized carbons (Fsp3) is 0. The van der Waals surface area contributed by atoms with Crippen LogP contribution in [0.3, 0.4) is 0 Å². The summed E-state index contributed by atoms with van der Waals surface area (Å²) in [5.41, 5.74) is 9.34. The molecule has 0 aromatic rings. The van der Waals surface area contributed by atoms with Gasteiger partial charge in [0, 0.05) is 12.2 Å². The van der Waals surface area contributed by atoms with Crippen LogP contribution in [0.5, 0.6) is 0 Å². The molecule has 6 nitrogen and oxygen atoms in total. The predicted molar refractivity (Wildman–Crippen MR) is 47.0 cm³/mol. The molecule has 0 aromatic carbocycles. The molecule has 0 heterocycles. The molecule has 4 N–H and O–H groups in total. The van der Waals surface area contributed by atoms with E-state index in [4.69, 9.17) is 32.5 Å². The molecule has 0 atom stereocenters. The highest BCUT2D eigenvalue weighted by Crippen LogP contribution is 1.83. The molecule has 0 aliphatic rings. The second-order valence-electron chi connectivity index (χ2n) is 1.64. The average Bonchev–Trinajstić information content (AvgIpc) is 2.24. The van der Waals surface area contributed by atoms with Gasteiger partial charge in [0.1, 0.15) is 23.5 Å². The normalized spacial score (nSPS) is 9.14. The molecule has 68 valence electrons. The van der Waals surface area contributed by atoms with Gasteiger partial charge in [-0.05, 0) is 0 Å². The largest absolute Gasteiger partial charge is 0.388 e. The summed E-state index contributed by atoms with van der Waals surface area (Å²) in [7, 11) is 0. The Morgan fingerprint density at radius 2 is 1.07 bits per heavy atom. The molecular weight excluding hydrogens is 180 g/mol. The van der Waals surface area contributed by atoms with Gasteiger partial charge in [0.15, 0.2) is 0 Å². The number of nitrogens with two attached hydrogens (primary N) is 2. The monoisotopic (exact) mass is 186 g/mol. The zero-order chi connectivity index (χ0) is 11.4. The van der Waals surface area contributed by atoms with E-state index < -0.39 is 0 Å². The van der Waals surface area contributed by atoms with E-state index in [2.05, 4.69) is 0 Å². The van der Waals surface area contributed by atoms with Gasteiger partial charge in [-0.1, -0.05) is 0 Å².